The summed E-state index contributed by atoms with van der Waals surface area (Å²) >= 11 is 0. The second-order valence-electron chi connectivity index (χ2n) is 8.63. The highest BCUT2D eigenvalue weighted by Gasteiger charge is 2.29. The molecule has 2 aromatic rings. The van der Waals surface area contributed by atoms with Gasteiger partial charge in [-0.05, 0) is 30.9 Å². The van der Waals surface area contributed by atoms with Crippen molar-refractivity contribution in [2.45, 2.75) is 64.5 Å². The molecule has 1 saturated carbocycles. The lowest BCUT2D eigenvalue weighted by molar-refractivity contribution is -0.135. The summed E-state index contributed by atoms with van der Waals surface area (Å²) in [6, 6.07) is 7.09. The van der Waals surface area contributed by atoms with Crippen LogP contribution in [0.3, 0.4) is 0 Å². The van der Waals surface area contributed by atoms with Crippen LogP contribution in [0.5, 0.6) is 0 Å². The van der Waals surface area contributed by atoms with Crippen LogP contribution in [0.4, 0.5) is 0 Å². The lowest BCUT2D eigenvalue weighted by atomic mass is 10.0. The zero-order valence-electron chi connectivity index (χ0n) is 19.7. The summed E-state index contributed by atoms with van der Waals surface area (Å²) < 4.78 is 12.3. The number of hydrogen-bond acceptors (Lipinski definition) is 5. The topological polar surface area (TPSA) is 73.7 Å². The molecule has 7 heteroatoms. The van der Waals surface area contributed by atoms with Gasteiger partial charge in [-0.1, -0.05) is 44.7 Å². The highest BCUT2D eigenvalue weighted by atomic mass is 16.5. The molecule has 1 amide bonds. The van der Waals surface area contributed by atoms with Crippen LogP contribution in [-0.4, -0.2) is 54.3 Å². The number of ether oxygens (including phenoxy) is 2. The average molecular weight is 444 g/mol. The number of carbonyl (C=O) groups is 1. The molecule has 1 heterocycles. The van der Waals surface area contributed by atoms with Gasteiger partial charge in [0.1, 0.15) is 5.82 Å². The molecule has 0 saturated heterocycles. The van der Waals surface area contributed by atoms with E-state index in [1.165, 1.54) is 25.7 Å². The molecule has 0 radical (unpaired) electrons. The molecule has 1 aliphatic carbocycles. The number of para-hydroxylation sites is 1. The van der Waals surface area contributed by atoms with Crippen molar-refractivity contribution >= 4 is 16.8 Å². The Balaban J connectivity index is 1.97. The normalized spacial score (nSPS) is 15.3. The molecule has 1 aromatic heterocycles. The first kappa shape index (κ1) is 24.4. The Morgan fingerprint density at radius 1 is 1.19 bits per heavy atom. The van der Waals surface area contributed by atoms with Gasteiger partial charge in [0.25, 0.3) is 5.56 Å². The van der Waals surface area contributed by atoms with Crippen LogP contribution in [0.25, 0.3) is 10.9 Å². The Morgan fingerprint density at radius 3 is 2.59 bits per heavy atom. The van der Waals surface area contributed by atoms with E-state index in [4.69, 9.17) is 14.5 Å². The van der Waals surface area contributed by atoms with E-state index in [0.29, 0.717) is 61.8 Å². The molecule has 1 atom stereocenters. The van der Waals surface area contributed by atoms with E-state index in [-0.39, 0.29) is 17.5 Å². The number of nitrogens with zero attached hydrogens (tertiary/aromatic N) is 3. The summed E-state index contributed by atoms with van der Waals surface area (Å²) in [7, 11) is 3.26. The number of amides is 1. The first-order valence-electron chi connectivity index (χ1n) is 11.9. The molecule has 0 N–H and O–H groups in total. The summed E-state index contributed by atoms with van der Waals surface area (Å²) in [6.07, 6.45) is 7.13. The van der Waals surface area contributed by atoms with Crippen molar-refractivity contribution in [3.63, 3.8) is 0 Å². The summed E-state index contributed by atoms with van der Waals surface area (Å²) in [5.41, 5.74) is 0.566. The quantitative estimate of drug-likeness (QED) is 0.497. The van der Waals surface area contributed by atoms with Gasteiger partial charge < -0.3 is 14.4 Å². The summed E-state index contributed by atoms with van der Waals surface area (Å²) in [4.78, 5) is 33.5. The summed E-state index contributed by atoms with van der Waals surface area (Å²) in [5, 5.41) is 0.582. The highest BCUT2D eigenvalue weighted by Crippen LogP contribution is 2.30. The second-order valence-corrected chi connectivity index (χ2v) is 8.63. The minimum Gasteiger partial charge on any atom is -0.383 e. The molecule has 176 valence electrons. The van der Waals surface area contributed by atoms with Gasteiger partial charge in [-0.15, -0.1) is 0 Å². The molecule has 0 bridgehead atoms. The third kappa shape index (κ3) is 5.75. The Hall–Kier alpha value is -2.25. The first-order valence-corrected chi connectivity index (χ1v) is 11.9. The van der Waals surface area contributed by atoms with Crippen LogP contribution in [0, 0.1) is 5.92 Å². The van der Waals surface area contributed by atoms with Gasteiger partial charge in [0.15, 0.2) is 0 Å². The maximum Gasteiger partial charge on any atom is 0.261 e. The maximum atomic E-state index is 13.4. The van der Waals surface area contributed by atoms with Crippen molar-refractivity contribution in [3.05, 3.63) is 40.4 Å². The fraction of sp³-hybridized carbons (Fsp3) is 0.640. The third-order valence-corrected chi connectivity index (χ3v) is 6.57. The van der Waals surface area contributed by atoms with Gasteiger partial charge in [0.2, 0.25) is 5.91 Å². The van der Waals surface area contributed by atoms with Crippen LogP contribution >= 0.6 is 0 Å². The van der Waals surface area contributed by atoms with E-state index in [9.17, 15) is 9.59 Å². The van der Waals surface area contributed by atoms with Gasteiger partial charge in [-0.3, -0.25) is 14.2 Å². The monoisotopic (exact) mass is 443 g/mol. The molecule has 1 fully saturated rings. The largest absolute Gasteiger partial charge is 0.383 e. The molecule has 32 heavy (non-hydrogen) atoms. The Labute approximate surface area is 190 Å². The van der Waals surface area contributed by atoms with Crippen molar-refractivity contribution in [1.29, 1.82) is 0 Å². The zero-order valence-corrected chi connectivity index (χ0v) is 19.7. The van der Waals surface area contributed by atoms with Crippen LogP contribution in [0.15, 0.2) is 29.1 Å². The molecule has 1 aliphatic rings. The van der Waals surface area contributed by atoms with Crippen LogP contribution in [0.2, 0.25) is 0 Å². The fourth-order valence-electron chi connectivity index (χ4n) is 4.79. The standard InChI is InChI=1S/C25H37N3O4/c1-4-22(27(15-17-31-2)23(29)14-13-19-9-5-6-10-19)24-26-21-12-8-7-11-20(21)25(30)28(24)16-18-32-3/h7-8,11-12,19,22H,4-6,9-10,13-18H2,1-3H3. The van der Waals surface area contributed by atoms with E-state index in [1.54, 1.807) is 24.9 Å². The van der Waals surface area contributed by atoms with Crippen molar-refractivity contribution in [2.24, 2.45) is 5.92 Å². The van der Waals surface area contributed by atoms with E-state index in [0.717, 1.165) is 6.42 Å². The smallest absolute Gasteiger partial charge is 0.261 e. The summed E-state index contributed by atoms with van der Waals surface area (Å²) in [5.74, 6) is 1.39. The van der Waals surface area contributed by atoms with Crippen LogP contribution in [-0.2, 0) is 20.8 Å². The number of aromatic nitrogens is 2. The molecule has 0 aliphatic heterocycles. The van der Waals surface area contributed by atoms with Crippen LogP contribution < -0.4 is 5.56 Å². The van der Waals surface area contributed by atoms with Gasteiger partial charge in [-0.2, -0.15) is 0 Å². The maximum absolute atomic E-state index is 13.4. The lowest BCUT2D eigenvalue weighted by Crippen LogP contribution is -2.41. The van der Waals surface area contributed by atoms with E-state index < -0.39 is 0 Å². The number of methoxy groups -OCH3 is 2. The van der Waals surface area contributed by atoms with E-state index in [2.05, 4.69) is 0 Å². The molecule has 0 spiro atoms. The first-order chi connectivity index (χ1) is 15.6. The van der Waals surface area contributed by atoms with Crippen molar-refractivity contribution in [2.75, 3.05) is 34.0 Å². The minimum absolute atomic E-state index is 0.0915. The molecular weight excluding hydrogens is 406 g/mol. The fourth-order valence-corrected chi connectivity index (χ4v) is 4.79. The van der Waals surface area contributed by atoms with E-state index in [1.807, 2.05) is 30.0 Å². The predicted molar refractivity (Wildman–Crippen MR) is 126 cm³/mol. The molecule has 1 aromatic carbocycles. The SMILES string of the molecule is CCC(c1nc2ccccc2c(=O)n1CCOC)N(CCOC)C(=O)CCC1CCCC1. The molecule has 7 nitrogen and oxygen atoms in total. The zero-order chi connectivity index (χ0) is 22.9. The number of hydrogen-bond donors (Lipinski definition) is 0. The third-order valence-electron chi connectivity index (χ3n) is 6.57. The summed E-state index contributed by atoms with van der Waals surface area (Å²) in [6.45, 7) is 3.76. The molecular formula is C25H37N3O4. The second kappa shape index (κ2) is 12.1. The highest BCUT2D eigenvalue weighted by molar-refractivity contribution is 5.78. The van der Waals surface area contributed by atoms with Gasteiger partial charge in [0.05, 0.1) is 36.7 Å². The Kier molecular flexibility index (Phi) is 9.23. The van der Waals surface area contributed by atoms with Gasteiger partial charge in [0, 0.05) is 27.2 Å². The lowest BCUT2D eigenvalue weighted by Gasteiger charge is -2.32. The number of rotatable bonds is 12. The van der Waals surface area contributed by atoms with Gasteiger partial charge >= 0.3 is 0 Å². The number of benzene rings is 1. The van der Waals surface area contributed by atoms with Crippen molar-refractivity contribution < 1.29 is 14.3 Å². The molecule has 1 unspecified atom stereocenters. The Morgan fingerprint density at radius 2 is 1.91 bits per heavy atom. The average Bonchev–Trinajstić information content (AvgIpc) is 3.33. The van der Waals surface area contributed by atoms with Crippen molar-refractivity contribution in [1.82, 2.24) is 14.5 Å². The minimum atomic E-state index is -0.296. The number of fused-ring (bicyclic) bond motifs is 1. The molecule has 3 rings (SSSR count). The van der Waals surface area contributed by atoms with E-state index >= 15 is 0 Å². The van der Waals surface area contributed by atoms with Crippen LogP contribution in [0.1, 0.15) is 63.7 Å². The Bertz CT molecular complexity index is 936. The number of carbonyl (C=O) groups excluding carboxylic acids is 1. The predicted octanol–water partition coefficient (Wildman–Crippen LogP) is 3.94. The van der Waals surface area contributed by atoms with Crippen molar-refractivity contribution in [3.8, 4) is 0 Å². The van der Waals surface area contributed by atoms with Gasteiger partial charge in [-0.25, -0.2) is 4.98 Å².